The summed E-state index contributed by atoms with van der Waals surface area (Å²) in [5.41, 5.74) is 5.11. The number of pyridine rings is 1. The molecule has 0 bridgehead atoms. The maximum atomic E-state index is 6.23. The lowest BCUT2D eigenvalue weighted by atomic mass is 9.82. The molecule has 0 saturated carbocycles. The zero-order valence-electron chi connectivity index (χ0n) is 14.8. The molecule has 0 aliphatic rings. The van der Waals surface area contributed by atoms with Crippen molar-refractivity contribution < 1.29 is 0 Å². The van der Waals surface area contributed by atoms with E-state index in [4.69, 9.17) is 11.6 Å². The monoisotopic (exact) mass is 349 g/mol. The minimum Gasteiger partial charge on any atom is -0.318 e. The van der Waals surface area contributed by atoms with Crippen LogP contribution in [-0.2, 0) is 12.5 Å². The second-order valence-electron chi connectivity index (χ2n) is 7.46. The Hall–Kier alpha value is -2.39. The van der Waals surface area contributed by atoms with Crippen LogP contribution in [0.2, 0.25) is 5.28 Å². The third kappa shape index (κ3) is 2.59. The van der Waals surface area contributed by atoms with E-state index in [-0.39, 0.29) is 5.41 Å². The van der Waals surface area contributed by atoms with Crippen molar-refractivity contribution in [1.82, 2.24) is 14.5 Å². The van der Waals surface area contributed by atoms with E-state index in [2.05, 4.69) is 67.1 Å². The first kappa shape index (κ1) is 16.1. The molecule has 0 fully saturated rings. The average molecular weight is 350 g/mol. The first-order chi connectivity index (χ1) is 11.9. The summed E-state index contributed by atoms with van der Waals surface area (Å²) in [6.45, 7) is 6.72. The van der Waals surface area contributed by atoms with Gasteiger partial charge in [-0.2, -0.15) is 0 Å². The van der Waals surface area contributed by atoms with Gasteiger partial charge in [-0.15, -0.1) is 0 Å². The molecule has 0 saturated heterocycles. The molecule has 0 radical (unpaired) electrons. The summed E-state index contributed by atoms with van der Waals surface area (Å²) in [6.07, 6.45) is 1.82. The van der Waals surface area contributed by atoms with E-state index < -0.39 is 0 Å². The highest BCUT2D eigenvalue weighted by molar-refractivity contribution is 6.29. The van der Waals surface area contributed by atoms with Crippen molar-refractivity contribution >= 4 is 33.4 Å². The number of aromatic nitrogens is 3. The lowest BCUT2D eigenvalue weighted by Gasteiger charge is -2.22. The zero-order valence-corrected chi connectivity index (χ0v) is 15.6. The molecule has 0 N–H and O–H groups in total. The summed E-state index contributed by atoms with van der Waals surface area (Å²) in [5.74, 6) is 0. The van der Waals surface area contributed by atoms with E-state index in [1.165, 1.54) is 16.3 Å². The van der Waals surface area contributed by atoms with Crippen molar-refractivity contribution in [1.29, 1.82) is 0 Å². The standard InChI is InChI=1S/C21H20ClN3/c1-21(2,3)16-12-14(11-13-7-5-6-8-15(13)16)18-19-17(9-10-23-18)25(4)20(22)24-19/h5-12H,1-4H3. The Labute approximate surface area is 152 Å². The molecule has 25 heavy (non-hydrogen) atoms. The van der Waals surface area contributed by atoms with E-state index in [0.717, 1.165) is 22.3 Å². The summed E-state index contributed by atoms with van der Waals surface area (Å²) in [6, 6.07) is 14.9. The van der Waals surface area contributed by atoms with Crippen LogP contribution in [0.25, 0.3) is 33.1 Å². The van der Waals surface area contributed by atoms with Gasteiger partial charge in [0, 0.05) is 18.8 Å². The molecule has 2 aromatic carbocycles. The molecule has 0 spiro atoms. The van der Waals surface area contributed by atoms with Gasteiger partial charge in [-0.3, -0.25) is 4.98 Å². The van der Waals surface area contributed by atoms with Gasteiger partial charge in [0.25, 0.3) is 0 Å². The van der Waals surface area contributed by atoms with Crippen LogP contribution in [0.5, 0.6) is 0 Å². The summed E-state index contributed by atoms with van der Waals surface area (Å²) in [7, 11) is 1.92. The quantitative estimate of drug-likeness (QED) is 0.438. The number of imidazole rings is 1. The smallest absolute Gasteiger partial charge is 0.203 e. The second kappa shape index (κ2) is 5.57. The molecule has 0 aliphatic carbocycles. The van der Waals surface area contributed by atoms with Crippen molar-refractivity contribution in [3.63, 3.8) is 0 Å². The third-order valence-corrected chi connectivity index (χ3v) is 5.03. The number of hydrogen-bond donors (Lipinski definition) is 0. The summed E-state index contributed by atoms with van der Waals surface area (Å²) in [5, 5.41) is 2.97. The van der Waals surface area contributed by atoms with Gasteiger partial charge in [0.1, 0.15) is 5.52 Å². The zero-order chi connectivity index (χ0) is 17.8. The summed E-state index contributed by atoms with van der Waals surface area (Å²) < 4.78 is 1.88. The Morgan fingerprint density at radius 1 is 1.04 bits per heavy atom. The third-order valence-electron chi connectivity index (χ3n) is 4.69. The van der Waals surface area contributed by atoms with Crippen LogP contribution in [0.15, 0.2) is 48.7 Å². The van der Waals surface area contributed by atoms with Crippen molar-refractivity contribution in [3.8, 4) is 11.3 Å². The second-order valence-corrected chi connectivity index (χ2v) is 7.80. The molecule has 0 unspecified atom stereocenters. The van der Waals surface area contributed by atoms with Gasteiger partial charge in [0.2, 0.25) is 5.28 Å². The minimum absolute atomic E-state index is 0.0330. The summed E-state index contributed by atoms with van der Waals surface area (Å²) in [4.78, 5) is 9.15. The van der Waals surface area contributed by atoms with E-state index >= 15 is 0 Å². The number of aryl methyl sites for hydroxylation is 1. The number of nitrogens with zero attached hydrogens (tertiary/aromatic N) is 3. The highest BCUT2D eigenvalue weighted by Gasteiger charge is 2.20. The van der Waals surface area contributed by atoms with E-state index in [0.29, 0.717) is 5.28 Å². The molecule has 0 amide bonds. The number of benzene rings is 2. The van der Waals surface area contributed by atoms with Crippen LogP contribution < -0.4 is 0 Å². The van der Waals surface area contributed by atoms with Crippen LogP contribution >= 0.6 is 11.6 Å². The van der Waals surface area contributed by atoms with Gasteiger partial charge in [0.05, 0.1) is 11.2 Å². The van der Waals surface area contributed by atoms with Crippen molar-refractivity contribution in [2.75, 3.05) is 0 Å². The first-order valence-corrected chi connectivity index (χ1v) is 8.74. The molecule has 126 valence electrons. The number of halogens is 1. The van der Waals surface area contributed by atoms with Crippen LogP contribution in [0.3, 0.4) is 0 Å². The van der Waals surface area contributed by atoms with Crippen LogP contribution in [-0.4, -0.2) is 14.5 Å². The lowest BCUT2D eigenvalue weighted by Crippen LogP contribution is -2.12. The van der Waals surface area contributed by atoms with Gasteiger partial charge in [-0.25, -0.2) is 4.98 Å². The maximum absolute atomic E-state index is 6.23. The highest BCUT2D eigenvalue weighted by Crippen LogP contribution is 2.36. The van der Waals surface area contributed by atoms with Crippen LogP contribution in [0.4, 0.5) is 0 Å². The number of rotatable bonds is 1. The molecule has 0 atom stereocenters. The Morgan fingerprint density at radius 2 is 1.80 bits per heavy atom. The van der Waals surface area contributed by atoms with Crippen molar-refractivity contribution in [2.45, 2.75) is 26.2 Å². The molecule has 0 aliphatic heterocycles. The van der Waals surface area contributed by atoms with Crippen LogP contribution in [0.1, 0.15) is 26.3 Å². The predicted molar refractivity (Wildman–Crippen MR) is 105 cm³/mol. The van der Waals surface area contributed by atoms with E-state index in [1.54, 1.807) is 0 Å². The molecule has 4 aromatic rings. The van der Waals surface area contributed by atoms with Gasteiger partial charge in [-0.1, -0.05) is 45.0 Å². The Bertz CT molecular complexity index is 1100. The fourth-order valence-electron chi connectivity index (χ4n) is 3.37. The Morgan fingerprint density at radius 3 is 2.56 bits per heavy atom. The molecule has 2 aromatic heterocycles. The van der Waals surface area contributed by atoms with Gasteiger partial charge in [-0.05, 0) is 51.6 Å². The maximum Gasteiger partial charge on any atom is 0.203 e. The first-order valence-electron chi connectivity index (χ1n) is 8.37. The van der Waals surface area contributed by atoms with Crippen LogP contribution in [0, 0.1) is 0 Å². The molecule has 2 heterocycles. The molecular formula is C21H20ClN3. The van der Waals surface area contributed by atoms with E-state index in [9.17, 15) is 0 Å². The summed E-state index contributed by atoms with van der Waals surface area (Å²) >= 11 is 6.23. The fraction of sp³-hybridized carbons (Fsp3) is 0.238. The molecule has 4 rings (SSSR count). The largest absolute Gasteiger partial charge is 0.318 e. The predicted octanol–water partition coefficient (Wildman–Crippen LogP) is 5.74. The van der Waals surface area contributed by atoms with Crippen molar-refractivity contribution in [2.24, 2.45) is 7.05 Å². The Kier molecular flexibility index (Phi) is 3.58. The van der Waals surface area contributed by atoms with Crippen molar-refractivity contribution in [3.05, 3.63) is 59.5 Å². The van der Waals surface area contributed by atoms with Gasteiger partial charge < -0.3 is 4.57 Å². The minimum atomic E-state index is 0.0330. The van der Waals surface area contributed by atoms with Gasteiger partial charge in [0.15, 0.2) is 0 Å². The number of hydrogen-bond acceptors (Lipinski definition) is 2. The van der Waals surface area contributed by atoms with Gasteiger partial charge >= 0.3 is 0 Å². The Balaban J connectivity index is 2.07. The SMILES string of the molecule is Cn1c(Cl)nc2c(-c3cc(C(C)(C)C)c4ccccc4c3)nccc21. The number of fused-ring (bicyclic) bond motifs is 2. The average Bonchev–Trinajstić information content (AvgIpc) is 2.88. The molecular weight excluding hydrogens is 330 g/mol. The normalized spacial score (nSPS) is 12.2. The molecule has 3 nitrogen and oxygen atoms in total. The van der Waals surface area contributed by atoms with E-state index in [1.807, 2.05) is 23.9 Å². The topological polar surface area (TPSA) is 30.7 Å². The fourth-order valence-corrected chi connectivity index (χ4v) is 3.55. The highest BCUT2D eigenvalue weighted by atomic mass is 35.5. The lowest BCUT2D eigenvalue weighted by molar-refractivity contribution is 0.596. The molecule has 4 heteroatoms.